The van der Waals surface area contributed by atoms with Gasteiger partial charge in [0.2, 0.25) is 0 Å². The number of aliphatic carboxylic acids is 1. The maximum absolute atomic E-state index is 11.1. The standard InChI is InChI=1S/C16H32O2.Na.H/c1-3-5-7-9-10-12-14-15(16(17)18)13-11-8-6-4-2;;/h15H,3-14H2,1-2H3,(H,17,18);;. The van der Waals surface area contributed by atoms with Crippen LogP contribution in [0.4, 0.5) is 0 Å². The number of carboxylic acid groups (broad SMARTS) is 1. The number of hydrogen-bond donors (Lipinski definition) is 1. The first-order chi connectivity index (χ1) is 8.72. The molecule has 0 heterocycles. The van der Waals surface area contributed by atoms with Crippen LogP contribution in [0, 0.1) is 5.92 Å². The molecule has 1 unspecified atom stereocenters. The molecular weight excluding hydrogens is 247 g/mol. The van der Waals surface area contributed by atoms with Gasteiger partial charge in [0.15, 0.2) is 0 Å². The van der Waals surface area contributed by atoms with Crippen LogP contribution in [0.25, 0.3) is 0 Å². The van der Waals surface area contributed by atoms with Gasteiger partial charge in [-0.3, -0.25) is 4.79 Å². The Balaban J connectivity index is 0. The van der Waals surface area contributed by atoms with E-state index in [4.69, 9.17) is 0 Å². The van der Waals surface area contributed by atoms with Crippen LogP contribution in [-0.4, -0.2) is 40.6 Å². The van der Waals surface area contributed by atoms with Crippen LogP contribution in [0.3, 0.4) is 0 Å². The molecule has 0 fully saturated rings. The summed E-state index contributed by atoms with van der Waals surface area (Å²) in [4.78, 5) is 11.1. The van der Waals surface area contributed by atoms with Crippen molar-refractivity contribution in [3.8, 4) is 0 Å². The van der Waals surface area contributed by atoms with Crippen molar-refractivity contribution in [1.82, 2.24) is 0 Å². The molecule has 19 heavy (non-hydrogen) atoms. The average molecular weight is 280 g/mol. The molecule has 1 atom stereocenters. The molecule has 0 rings (SSSR count). The molecule has 0 aromatic carbocycles. The fourth-order valence-corrected chi connectivity index (χ4v) is 2.38. The Morgan fingerprint density at radius 2 is 1.16 bits per heavy atom. The van der Waals surface area contributed by atoms with Gasteiger partial charge >= 0.3 is 35.5 Å². The second-order valence-electron chi connectivity index (χ2n) is 5.44. The zero-order chi connectivity index (χ0) is 13.6. The van der Waals surface area contributed by atoms with Gasteiger partial charge in [-0.05, 0) is 12.8 Å². The second-order valence-corrected chi connectivity index (χ2v) is 5.44. The van der Waals surface area contributed by atoms with Crippen molar-refractivity contribution in [1.29, 1.82) is 0 Å². The van der Waals surface area contributed by atoms with Gasteiger partial charge in [-0.25, -0.2) is 0 Å². The van der Waals surface area contributed by atoms with Crippen LogP contribution in [0.5, 0.6) is 0 Å². The summed E-state index contributed by atoms with van der Waals surface area (Å²) in [5.41, 5.74) is 0. The van der Waals surface area contributed by atoms with Gasteiger partial charge in [-0.15, -0.1) is 0 Å². The summed E-state index contributed by atoms with van der Waals surface area (Å²) in [5, 5.41) is 9.17. The molecule has 0 aromatic heterocycles. The summed E-state index contributed by atoms with van der Waals surface area (Å²) in [6.45, 7) is 4.40. The molecule has 0 amide bonds. The molecule has 0 spiro atoms. The van der Waals surface area contributed by atoms with E-state index in [1.165, 1.54) is 51.4 Å². The summed E-state index contributed by atoms with van der Waals surface area (Å²) in [7, 11) is 0. The first-order valence-corrected chi connectivity index (χ1v) is 7.95. The summed E-state index contributed by atoms with van der Waals surface area (Å²) < 4.78 is 0. The van der Waals surface area contributed by atoms with E-state index in [9.17, 15) is 9.90 Å². The zero-order valence-corrected chi connectivity index (χ0v) is 12.4. The Morgan fingerprint density at radius 1 is 0.789 bits per heavy atom. The monoisotopic (exact) mass is 280 g/mol. The molecule has 0 bridgehead atoms. The van der Waals surface area contributed by atoms with Gasteiger partial charge in [0.25, 0.3) is 0 Å². The molecule has 0 aromatic rings. The topological polar surface area (TPSA) is 37.3 Å². The number of carbonyl (C=O) groups is 1. The molecule has 0 saturated heterocycles. The second kappa shape index (κ2) is 16.5. The molecule has 0 aliphatic heterocycles. The van der Waals surface area contributed by atoms with Crippen molar-refractivity contribution in [2.45, 2.75) is 90.9 Å². The van der Waals surface area contributed by atoms with Crippen molar-refractivity contribution in [2.75, 3.05) is 0 Å². The van der Waals surface area contributed by atoms with E-state index in [2.05, 4.69) is 13.8 Å². The molecule has 0 radical (unpaired) electrons. The van der Waals surface area contributed by atoms with Crippen LogP contribution in [-0.2, 0) is 4.79 Å². The van der Waals surface area contributed by atoms with Crippen molar-refractivity contribution in [2.24, 2.45) is 5.92 Å². The van der Waals surface area contributed by atoms with Crippen LogP contribution in [0.15, 0.2) is 0 Å². The Morgan fingerprint density at radius 3 is 1.58 bits per heavy atom. The molecule has 0 saturated carbocycles. The van der Waals surface area contributed by atoms with Gasteiger partial charge in [0.1, 0.15) is 0 Å². The quantitative estimate of drug-likeness (QED) is 0.390. The molecule has 3 heteroatoms. The zero-order valence-electron chi connectivity index (χ0n) is 12.4. The van der Waals surface area contributed by atoms with Gasteiger partial charge < -0.3 is 5.11 Å². The summed E-state index contributed by atoms with van der Waals surface area (Å²) in [6, 6.07) is 0. The fourth-order valence-electron chi connectivity index (χ4n) is 2.38. The van der Waals surface area contributed by atoms with Crippen LogP contribution >= 0.6 is 0 Å². The Bertz CT molecular complexity index is 195. The minimum absolute atomic E-state index is 0. The molecule has 1 N–H and O–H groups in total. The van der Waals surface area contributed by atoms with E-state index in [-0.39, 0.29) is 35.5 Å². The van der Waals surface area contributed by atoms with Gasteiger partial charge in [0, 0.05) is 0 Å². The molecular formula is C16H33NaO2. The first kappa shape index (κ1) is 21.8. The molecule has 2 nitrogen and oxygen atoms in total. The van der Waals surface area contributed by atoms with Crippen molar-refractivity contribution < 1.29 is 9.90 Å². The summed E-state index contributed by atoms with van der Waals surface area (Å²) in [6.07, 6.45) is 14.0. The van der Waals surface area contributed by atoms with Crippen molar-refractivity contribution >= 4 is 35.5 Å². The molecule has 0 aliphatic rings. The minimum atomic E-state index is -0.583. The Hall–Kier alpha value is 0.470. The number of hydrogen-bond acceptors (Lipinski definition) is 1. The third-order valence-corrected chi connectivity index (χ3v) is 3.66. The van der Waals surface area contributed by atoms with Crippen molar-refractivity contribution in [3.05, 3.63) is 0 Å². The van der Waals surface area contributed by atoms with Crippen LogP contribution < -0.4 is 0 Å². The Labute approximate surface area is 142 Å². The normalized spacial score (nSPS) is 11.9. The van der Waals surface area contributed by atoms with E-state index >= 15 is 0 Å². The maximum atomic E-state index is 11.1. The number of unbranched alkanes of at least 4 members (excludes halogenated alkanes) is 8. The van der Waals surface area contributed by atoms with E-state index in [0.717, 1.165) is 25.7 Å². The molecule has 110 valence electrons. The number of rotatable bonds is 13. The van der Waals surface area contributed by atoms with Crippen molar-refractivity contribution in [3.63, 3.8) is 0 Å². The third kappa shape index (κ3) is 14.7. The van der Waals surface area contributed by atoms with E-state index < -0.39 is 5.97 Å². The van der Waals surface area contributed by atoms with E-state index in [0.29, 0.717) is 0 Å². The van der Waals surface area contributed by atoms with Crippen LogP contribution in [0.1, 0.15) is 90.9 Å². The average Bonchev–Trinajstić information content (AvgIpc) is 2.35. The van der Waals surface area contributed by atoms with Gasteiger partial charge in [0.05, 0.1) is 5.92 Å². The summed E-state index contributed by atoms with van der Waals surface area (Å²) >= 11 is 0. The van der Waals surface area contributed by atoms with E-state index in [1.54, 1.807) is 0 Å². The van der Waals surface area contributed by atoms with Crippen LogP contribution in [0.2, 0.25) is 0 Å². The number of carboxylic acids is 1. The van der Waals surface area contributed by atoms with E-state index in [1.807, 2.05) is 0 Å². The van der Waals surface area contributed by atoms with Gasteiger partial charge in [-0.1, -0.05) is 78.1 Å². The van der Waals surface area contributed by atoms with Gasteiger partial charge in [-0.2, -0.15) is 0 Å². The molecule has 0 aliphatic carbocycles. The third-order valence-electron chi connectivity index (χ3n) is 3.66. The first-order valence-electron chi connectivity index (χ1n) is 7.95. The fraction of sp³-hybridized carbons (Fsp3) is 0.938. The summed E-state index contributed by atoms with van der Waals surface area (Å²) in [5.74, 6) is -0.673. The Kier molecular flexibility index (Phi) is 18.9. The SMILES string of the molecule is CCCCCCCCC(CCCCCC)C(=O)O.[NaH]. The predicted molar refractivity (Wildman–Crippen MR) is 85.0 cm³/mol. The predicted octanol–water partition coefficient (Wildman–Crippen LogP) is 4.76.